The number of aliphatic imine (C=N–C) groups is 1. The Balaban J connectivity index is 3.25. The van der Waals surface area contributed by atoms with Crippen molar-refractivity contribution in [2.45, 2.75) is 64.8 Å². The van der Waals surface area contributed by atoms with E-state index in [1.165, 1.54) is 44.9 Å². The highest BCUT2D eigenvalue weighted by molar-refractivity contribution is 5.24. The molecule has 1 atom stereocenters. The molecule has 0 radical (unpaired) electrons. The van der Waals surface area contributed by atoms with Gasteiger partial charge in [-0.25, -0.2) is 0 Å². The topological polar surface area (TPSA) is 12.4 Å². The van der Waals surface area contributed by atoms with Gasteiger partial charge in [0.25, 0.3) is 0 Å². The summed E-state index contributed by atoms with van der Waals surface area (Å²) in [6.45, 7) is 8.09. The molecule has 0 aromatic carbocycles. The summed E-state index contributed by atoms with van der Waals surface area (Å²) >= 11 is 0. The van der Waals surface area contributed by atoms with Gasteiger partial charge in [-0.15, -0.1) is 0 Å². The Bertz CT molecular complexity index is 99.2. The third-order valence-corrected chi connectivity index (χ3v) is 2.27. The Hall–Kier alpha value is -0.330. The molecule has 1 nitrogen and oxygen atoms in total. The number of nitrogens with zero attached hydrogens (tertiary/aromatic N) is 1. The lowest BCUT2D eigenvalue weighted by Gasteiger charge is -2.09. The van der Waals surface area contributed by atoms with E-state index in [9.17, 15) is 0 Å². The van der Waals surface area contributed by atoms with E-state index in [1.54, 1.807) is 0 Å². The van der Waals surface area contributed by atoms with Gasteiger partial charge in [-0.2, -0.15) is 0 Å². The van der Waals surface area contributed by atoms with E-state index in [1.807, 2.05) is 0 Å². The molecule has 1 heteroatoms. The average molecular weight is 169 g/mol. The summed E-state index contributed by atoms with van der Waals surface area (Å²) in [5, 5.41) is 0. The maximum atomic E-state index is 4.13. The molecule has 0 heterocycles. The standard InChI is InChI=1S/C11H23N/c1-4-6-7-8-10-11(12-3)9-5-2/h11H,3-10H2,1-2H3. The van der Waals surface area contributed by atoms with Crippen molar-refractivity contribution in [3.63, 3.8) is 0 Å². The molecule has 1 unspecified atom stereocenters. The molecule has 0 aromatic heterocycles. The van der Waals surface area contributed by atoms with E-state index in [0.29, 0.717) is 6.04 Å². The van der Waals surface area contributed by atoms with Crippen LogP contribution < -0.4 is 0 Å². The summed E-state index contributed by atoms with van der Waals surface area (Å²) in [4.78, 5) is 4.13. The first-order valence-electron chi connectivity index (χ1n) is 5.31. The van der Waals surface area contributed by atoms with Gasteiger partial charge in [0.1, 0.15) is 0 Å². The first-order chi connectivity index (χ1) is 5.85. The van der Waals surface area contributed by atoms with Crippen LogP contribution in [-0.4, -0.2) is 12.8 Å². The van der Waals surface area contributed by atoms with Crippen molar-refractivity contribution in [2.75, 3.05) is 0 Å². The molecule has 0 N–H and O–H groups in total. The van der Waals surface area contributed by atoms with E-state index in [-0.39, 0.29) is 0 Å². The maximum absolute atomic E-state index is 4.13. The van der Waals surface area contributed by atoms with Gasteiger partial charge in [-0.1, -0.05) is 46.0 Å². The Labute approximate surface area is 77.3 Å². The number of hydrogen-bond donors (Lipinski definition) is 0. The Kier molecular flexibility index (Phi) is 8.52. The minimum atomic E-state index is 0.534. The lowest BCUT2D eigenvalue weighted by molar-refractivity contribution is 0.521. The van der Waals surface area contributed by atoms with Crippen LogP contribution >= 0.6 is 0 Å². The monoisotopic (exact) mass is 169 g/mol. The minimum Gasteiger partial charge on any atom is -0.298 e. The molecule has 0 spiro atoms. The summed E-state index contributed by atoms with van der Waals surface area (Å²) < 4.78 is 0. The first kappa shape index (κ1) is 11.7. The predicted molar refractivity (Wildman–Crippen MR) is 57.0 cm³/mol. The quantitative estimate of drug-likeness (QED) is 0.387. The van der Waals surface area contributed by atoms with E-state index in [4.69, 9.17) is 0 Å². The highest BCUT2D eigenvalue weighted by Crippen LogP contribution is 2.11. The van der Waals surface area contributed by atoms with Crippen LogP contribution in [0.5, 0.6) is 0 Å². The fourth-order valence-corrected chi connectivity index (χ4v) is 1.47. The van der Waals surface area contributed by atoms with Crippen molar-refractivity contribution in [1.29, 1.82) is 0 Å². The van der Waals surface area contributed by atoms with Gasteiger partial charge in [0.05, 0.1) is 0 Å². The largest absolute Gasteiger partial charge is 0.298 e. The Morgan fingerprint density at radius 3 is 2.25 bits per heavy atom. The molecule has 12 heavy (non-hydrogen) atoms. The Morgan fingerprint density at radius 2 is 1.75 bits per heavy atom. The maximum Gasteiger partial charge on any atom is 0.0492 e. The lowest BCUT2D eigenvalue weighted by Crippen LogP contribution is -2.02. The second kappa shape index (κ2) is 8.76. The zero-order chi connectivity index (χ0) is 9.23. The highest BCUT2D eigenvalue weighted by atomic mass is 14.7. The molecule has 0 rings (SSSR count). The molecule has 0 bridgehead atoms. The molecular formula is C11H23N. The molecule has 0 aliphatic heterocycles. The van der Waals surface area contributed by atoms with Gasteiger partial charge in [0.2, 0.25) is 0 Å². The van der Waals surface area contributed by atoms with Crippen LogP contribution in [0.2, 0.25) is 0 Å². The minimum absolute atomic E-state index is 0.534. The molecule has 0 aliphatic carbocycles. The van der Waals surface area contributed by atoms with Gasteiger partial charge in [-0.05, 0) is 19.6 Å². The van der Waals surface area contributed by atoms with E-state index in [0.717, 1.165) is 0 Å². The van der Waals surface area contributed by atoms with Crippen LogP contribution in [0.25, 0.3) is 0 Å². The molecule has 0 aromatic rings. The smallest absolute Gasteiger partial charge is 0.0492 e. The van der Waals surface area contributed by atoms with Gasteiger partial charge >= 0.3 is 0 Å². The summed E-state index contributed by atoms with van der Waals surface area (Å²) in [7, 11) is 0. The van der Waals surface area contributed by atoms with Gasteiger partial charge in [0, 0.05) is 6.04 Å². The summed E-state index contributed by atoms with van der Waals surface area (Å²) in [6, 6.07) is 0.534. The lowest BCUT2D eigenvalue weighted by atomic mass is 10.0. The third kappa shape index (κ3) is 6.38. The molecule has 0 saturated carbocycles. The fourth-order valence-electron chi connectivity index (χ4n) is 1.47. The summed E-state index contributed by atoms with van der Waals surface area (Å²) in [5.41, 5.74) is 0. The molecule has 72 valence electrons. The summed E-state index contributed by atoms with van der Waals surface area (Å²) in [6.07, 6.45) is 9.09. The van der Waals surface area contributed by atoms with Crippen molar-refractivity contribution in [3.05, 3.63) is 0 Å². The fraction of sp³-hybridized carbons (Fsp3) is 0.909. The van der Waals surface area contributed by atoms with Gasteiger partial charge < -0.3 is 0 Å². The van der Waals surface area contributed by atoms with Crippen LogP contribution in [0.3, 0.4) is 0 Å². The van der Waals surface area contributed by atoms with E-state index < -0.39 is 0 Å². The van der Waals surface area contributed by atoms with Crippen LogP contribution in [0.15, 0.2) is 4.99 Å². The van der Waals surface area contributed by atoms with Gasteiger partial charge in [0.15, 0.2) is 0 Å². The summed E-state index contributed by atoms with van der Waals surface area (Å²) in [5.74, 6) is 0. The zero-order valence-corrected chi connectivity index (χ0v) is 8.68. The normalized spacial score (nSPS) is 12.8. The van der Waals surface area contributed by atoms with Crippen LogP contribution in [0.1, 0.15) is 58.8 Å². The molecule has 0 aliphatic rings. The predicted octanol–water partition coefficient (Wildman–Crippen LogP) is 3.83. The number of unbranched alkanes of at least 4 members (excludes halogenated alkanes) is 3. The van der Waals surface area contributed by atoms with Crippen molar-refractivity contribution in [3.8, 4) is 0 Å². The SMILES string of the molecule is C=NC(CCC)CCCCCC. The van der Waals surface area contributed by atoms with Crippen molar-refractivity contribution < 1.29 is 0 Å². The number of rotatable bonds is 8. The van der Waals surface area contributed by atoms with E-state index in [2.05, 4.69) is 25.6 Å². The van der Waals surface area contributed by atoms with Crippen LogP contribution in [0, 0.1) is 0 Å². The molecule has 0 amide bonds. The molecule has 0 saturated heterocycles. The van der Waals surface area contributed by atoms with Crippen molar-refractivity contribution in [1.82, 2.24) is 0 Å². The third-order valence-electron chi connectivity index (χ3n) is 2.27. The average Bonchev–Trinajstić information content (AvgIpc) is 2.10. The van der Waals surface area contributed by atoms with Gasteiger partial charge in [-0.3, -0.25) is 4.99 Å². The van der Waals surface area contributed by atoms with Crippen LogP contribution in [0.4, 0.5) is 0 Å². The number of hydrogen-bond acceptors (Lipinski definition) is 1. The molecular weight excluding hydrogens is 146 g/mol. The Morgan fingerprint density at radius 1 is 1.00 bits per heavy atom. The van der Waals surface area contributed by atoms with Crippen molar-refractivity contribution in [2.24, 2.45) is 4.99 Å². The van der Waals surface area contributed by atoms with Crippen molar-refractivity contribution >= 4 is 6.72 Å². The molecule has 0 fully saturated rings. The second-order valence-electron chi connectivity index (χ2n) is 3.47. The van der Waals surface area contributed by atoms with Crippen LogP contribution in [-0.2, 0) is 0 Å². The second-order valence-corrected chi connectivity index (χ2v) is 3.47. The zero-order valence-electron chi connectivity index (χ0n) is 8.68. The van der Waals surface area contributed by atoms with E-state index >= 15 is 0 Å². The highest BCUT2D eigenvalue weighted by Gasteiger charge is 2.02. The first-order valence-corrected chi connectivity index (χ1v) is 5.31.